The zero-order chi connectivity index (χ0) is 14.4. The first-order valence-electron chi connectivity index (χ1n) is 7.26. The molecule has 1 N–H and O–H groups in total. The molecule has 1 amide bonds. The van der Waals surface area contributed by atoms with Gasteiger partial charge >= 0.3 is 0 Å². The Kier molecular flexibility index (Phi) is 6.24. The van der Waals surface area contributed by atoms with Crippen LogP contribution in [0.5, 0.6) is 0 Å². The number of hydrogen-bond donors (Lipinski definition) is 1. The summed E-state index contributed by atoms with van der Waals surface area (Å²) < 4.78 is 0. The van der Waals surface area contributed by atoms with Crippen LogP contribution in [0.1, 0.15) is 38.2 Å². The summed E-state index contributed by atoms with van der Waals surface area (Å²) in [4.78, 5) is 11.9. The first kappa shape index (κ1) is 15.7. The Balaban J connectivity index is 1.68. The van der Waals surface area contributed by atoms with E-state index < -0.39 is 0 Å². The average Bonchev–Trinajstić information content (AvgIpc) is 2.44. The summed E-state index contributed by atoms with van der Waals surface area (Å²) in [5.74, 6) is 2.17. The standard InChI is InChI=1S/C16H22ClNOS/c1-12-4-2-3-5-15(12)18-16(19)11-20-10-13-6-8-14(17)9-7-13/h6-9,12,15H,2-5,10-11H2,1H3,(H,18,19). The molecule has 1 aliphatic carbocycles. The van der Waals surface area contributed by atoms with Crippen molar-refractivity contribution in [2.24, 2.45) is 5.92 Å². The van der Waals surface area contributed by atoms with Crippen LogP contribution in [-0.4, -0.2) is 17.7 Å². The Hall–Kier alpha value is -0.670. The highest BCUT2D eigenvalue weighted by atomic mass is 35.5. The molecule has 1 saturated carbocycles. The van der Waals surface area contributed by atoms with E-state index in [1.165, 1.54) is 24.8 Å². The van der Waals surface area contributed by atoms with Crippen LogP contribution in [0.15, 0.2) is 24.3 Å². The lowest BCUT2D eigenvalue weighted by Crippen LogP contribution is -2.41. The fourth-order valence-corrected chi connectivity index (χ4v) is 3.55. The molecule has 0 aromatic heterocycles. The number of hydrogen-bond acceptors (Lipinski definition) is 2. The number of carbonyl (C=O) groups is 1. The smallest absolute Gasteiger partial charge is 0.230 e. The Labute approximate surface area is 130 Å². The number of nitrogens with one attached hydrogen (secondary N) is 1. The number of amides is 1. The van der Waals surface area contributed by atoms with Gasteiger partial charge < -0.3 is 5.32 Å². The van der Waals surface area contributed by atoms with Gasteiger partial charge in [-0.15, -0.1) is 11.8 Å². The lowest BCUT2D eigenvalue weighted by molar-refractivity contribution is -0.119. The van der Waals surface area contributed by atoms with Crippen molar-refractivity contribution in [1.82, 2.24) is 5.32 Å². The summed E-state index contributed by atoms with van der Waals surface area (Å²) in [5, 5.41) is 3.94. The van der Waals surface area contributed by atoms with Crippen molar-refractivity contribution in [3.8, 4) is 0 Å². The number of halogens is 1. The molecule has 0 bridgehead atoms. The van der Waals surface area contributed by atoms with Gasteiger partial charge in [-0.25, -0.2) is 0 Å². The minimum atomic E-state index is 0.169. The first-order chi connectivity index (χ1) is 9.65. The molecule has 0 heterocycles. The maximum Gasteiger partial charge on any atom is 0.230 e. The van der Waals surface area contributed by atoms with Crippen molar-refractivity contribution in [3.05, 3.63) is 34.9 Å². The van der Waals surface area contributed by atoms with Gasteiger partial charge in [-0.1, -0.05) is 43.5 Å². The maximum absolute atomic E-state index is 11.9. The summed E-state index contributed by atoms with van der Waals surface area (Å²) in [6.45, 7) is 2.24. The molecule has 2 nitrogen and oxygen atoms in total. The molecule has 4 heteroatoms. The largest absolute Gasteiger partial charge is 0.352 e. The monoisotopic (exact) mass is 311 g/mol. The van der Waals surface area contributed by atoms with Crippen LogP contribution in [-0.2, 0) is 10.5 Å². The molecule has 1 aromatic carbocycles. The van der Waals surface area contributed by atoms with E-state index >= 15 is 0 Å². The molecule has 20 heavy (non-hydrogen) atoms. The number of benzene rings is 1. The zero-order valence-electron chi connectivity index (χ0n) is 11.9. The lowest BCUT2D eigenvalue weighted by atomic mass is 9.86. The van der Waals surface area contributed by atoms with Crippen molar-refractivity contribution < 1.29 is 4.79 Å². The van der Waals surface area contributed by atoms with Gasteiger partial charge in [0.1, 0.15) is 0 Å². The van der Waals surface area contributed by atoms with Crippen molar-refractivity contribution in [3.63, 3.8) is 0 Å². The van der Waals surface area contributed by atoms with Gasteiger partial charge in [0.05, 0.1) is 5.75 Å². The third kappa shape index (κ3) is 5.02. The molecule has 2 rings (SSSR count). The van der Waals surface area contributed by atoms with Gasteiger partial charge in [0.15, 0.2) is 0 Å². The molecule has 1 aromatic rings. The van der Waals surface area contributed by atoms with Gasteiger partial charge in [0, 0.05) is 16.8 Å². The number of carbonyl (C=O) groups excluding carboxylic acids is 1. The van der Waals surface area contributed by atoms with Crippen molar-refractivity contribution >= 4 is 29.3 Å². The van der Waals surface area contributed by atoms with Crippen LogP contribution in [0, 0.1) is 5.92 Å². The van der Waals surface area contributed by atoms with Crippen molar-refractivity contribution in [2.45, 2.75) is 44.4 Å². The molecule has 0 aliphatic heterocycles. The summed E-state index contributed by atoms with van der Waals surface area (Å²) in [7, 11) is 0. The highest BCUT2D eigenvalue weighted by molar-refractivity contribution is 7.99. The molecule has 2 unspecified atom stereocenters. The van der Waals surface area contributed by atoms with Gasteiger partial charge in [0.25, 0.3) is 0 Å². The van der Waals surface area contributed by atoms with E-state index in [-0.39, 0.29) is 5.91 Å². The summed E-state index contributed by atoms with van der Waals surface area (Å²) >= 11 is 7.50. The topological polar surface area (TPSA) is 29.1 Å². The van der Waals surface area contributed by atoms with Crippen LogP contribution in [0.3, 0.4) is 0 Å². The van der Waals surface area contributed by atoms with E-state index in [9.17, 15) is 4.79 Å². The Morgan fingerprint density at radius 1 is 1.30 bits per heavy atom. The Morgan fingerprint density at radius 3 is 2.70 bits per heavy atom. The molecule has 2 atom stereocenters. The van der Waals surface area contributed by atoms with Gasteiger partial charge in [-0.3, -0.25) is 4.79 Å². The highest BCUT2D eigenvalue weighted by Crippen LogP contribution is 2.24. The van der Waals surface area contributed by atoms with E-state index in [1.54, 1.807) is 11.8 Å². The second kappa shape index (κ2) is 7.94. The van der Waals surface area contributed by atoms with E-state index in [4.69, 9.17) is 11.6 Å². The zero-order valence-corrected chi connectivity index (χ0v) is 13.5. The number of rotatable bonds is 5. The van der Waals surface area contributed by atoms with E-state index in [2.05, 4.69) is 12.2 Å². The first-order valence-corrected chi connectivity index (χ1v) is 8.80. The van der Waals surface area contributed by atoms with Crippen LogP contribution in [0.4, 0.5) is 0 Å². The Morgan fingerprint density at radius 2 is 2.00 bits per heavy atom. The van der Waals surface area contributed by atoms with Gasteiger partial charge in [0.2, 0.25) is 5.91 Å². The minimum absolute atomic E-state index is 0.169. The summed E-state index contributed by atoms with van der Waals surface area (Å²) in [6, 6.07) is 8.18. The van der Waals surface area contributed by atoms with Crippen LogP contribution < -0.4 is 5.32 Å². The minimum Gasteiger partial charge on any atom is -0.352 e. The molecule has 0 saturated heterocycles. The third-order valence-corrected chi connectivity index (χ3v) is 5.13. The maximum atomic E-state index is 11.9. The summed E-state index contributed by atoms with van der Waals surface area (Å²) in [6.07, 6.45) is 4.92. The van der Waals surface area contributed by atoms with Crippen LogP contribution >= 0.6 is 23.4 Å². The van der Waals surface area contributed by atoms with Crippen LogP contribution in [0.2, 0.25) is 5.02 Å². The van der Waals surface area contributed by atoms with Gasteiger partial charge in [-0.2, -0.15) is 0 Å². The second-order valence-electron chi connectivity index (χ2n) is 5.56. The molecular weight excluding hydrogens is 290 g/mol. The number of thioether (sulfide) groups is 1. The normalized spacial score (nSPS) is 22.5. The lowest BCUT2D eigenvalue weighted by Gasteiger charge is -2.29. The second-order valence-corrected chi connectivity index (χ2v) is 6.98. The molecular formula is C16H22ClNOS. The third-order valence-electron chi connectivity index (χ3n) is 3.87. The predicted octanol–water partition coefficient (Wildman–Crippen LogP) is 4.27. The van der Waals surface area contributed by atoms with Crippen molar-refractivity contribution in [2.75, 3.05) is 5.75 Å². The van der Waals surface area contributed by atoms with E-state index in [0.29, 0.717) is 17.7 Å². The summed E-state index contributed by atoms with van der Waals surface area (Å²) in [5.41, 5.74) is 1.21. The SMILES string of the molecule is CC1CCCCC1NC(=O)CSCc1ccc(Cl)cc1. The van der Waals surface area contributed by atoms with Crippen molar-refractivity contribution in [1.29, 1.82) is 0 Å². The van der Waals surface area contributed by atoms with E-state index in [0.717, 1.165) is 17.2 Å². The quantitative estimate of drug-likeness (QED) is 0.880. The molecule has 0 spiro atoms. The predicted molar refractivity (Wildman–Crippen MR) is 87.2 cm³/mol. The fourth-order valence-electron chi connectivity index (χ4n) is 2.62. The van der Waals surface area contributed by atoms with Gasteiger partial charge in [-0.05, 0) is 36.5 Å². The van der Waals surface area contributed by atoms with E-state index in [1.807, 2.05) is 24.3 Å². The van der Waals surface area contributed by atoms with Crippen LogP contribution in [0.25, 0.3) is 0 Å². The highest BCUT2D eigenvalue weighted by Gasteiger charge is 2.22. The molecule has 1 aliphatic rings. The fraction of sp³-hybridized carbons (Fsp3) is 0.562. The molecule has 0 radical (unpaired) electrons. The average molecular weight is 312 g/mol. The molecule has 1 fully saturated rings. The molecule has 110 valence electrons. The Bertz CT molecular complexity index is 435.